The first-order chi connectivity index (χ1) is 13.7. The first kappa shape index (κ1) is 18.8. The minimum absolute atomic E-state index is 0.119. The van der Waals surface area contributed by atoms with E-state index in [1.807, 2.05) is 29.0 Å². The lowest BCUT2D eigenvalue weighted by molar-refractivity contribution is -0.122. The third kappa shape index (κ3) is 4.31. The van der Waals surface area contributed by atoms with Gasteiger partial charge in [-0.15, -0.1) is 15.3 Å². The molecule has 2 N–H and O–H groups in total. The van der Waals surface area contributed by atoms with Crippen molar-refractivity contribution < 1.29 is 4.79 Å². The van der Waals surface area contributed by atoms with Crippen LogP contribution in [0.15, 0.2) is 29.0 Å². The van der Waals surface area contributed by atoms with E-state index < -0.39 is 0 Å². The van der Waals surface area contributed by atoms with Gasteiger partial charge in [-0.2, -0.15) is 15.9 Å². The summed E-state index contributed by atoms with van der Waals surface area (Å²) in [5.74, 6) is 1.70. The number of fused-ring (bicyclic) bond motifs is 1. The van der Waals surface area contributed by atoms with Crippen LogP contribution in [0.1, 0.15) is 26.2 Å². The maximum Gasteiger partial charge on any atom is 0.234 e. The number of rotatable bonds is 7. The summed E-state index contributed by atoms with van der Waals surface area (Å²) in [6.45, 7) is 5.12. The smallest absolute Gasteiger partial charge is 0.234 e. The van der Waals surface area contributed by atoms with Crippen molar-refractivity contribution in [2.24, 2.45) is 0 Å². The number of amides is 1. The van der Waals surface area contributed by atoms with Crippen molar-refractivity contribution >= 4 is 28.7 Å². The van der Waals surface area contributed by atoms with E-state index in [0.717, 1.165) is 61.7 Å². The van der Waals surface area contributed by atoms with Crippen molar-refractivity contribution in [1.29, 1.82) is 0 Å². The predicted molar refractivity (Wildman–Crippen MR) is 110 cm³/mol. The first-order valence-electron chi connectivity index (χ1n) is 9.73. The number of hydrogen-bond acceptors (Lipinski definition) is 7. The van der Waals surface area contributed by atoms with Crippen LogP contribution in [0.5, 0.6) is 0 Å². The largest absolute Gasteiger partial charge is 0.366 e. The number of nitrogens with one attached hydrogen (secondary N) is 2. The van der Waals surface area contributed by atoms with Gasteiger partial charge in [-0.05, 0) is 42.8 Å². The van der Waals surface area contributed by atoms with Crippen molar-refractivity contribution in [3.63, 3.8) is 0 Å². The summed E-state index contributed by atoms with van der Waals surface area (Å²) in [7, 11) is 0. The van der Waals surface area contributed by atoms with Crippen LogP contribution in [0, 0.1) is 0 Å². The fraction of sp³-hybridized carbons (Fsp3) is 0.474. The van der Waals surface area contributed by atoms with E-state index in [-0.39, 0.29) is 5.91 Å². The topological polar surface area (TPSA) is 87.5 Å². The lowest BCUT2D eigenvalue weighted by Crippen LogP contribution is -2.44. The molecule has 9 heteroatoms. The zero-order valence-electron chi connectivity index (χ0n) is 16.0. The molecule has 4 rings (SSSR count). The molecular formula is C19H25N7OS. The number of nitrogens with zero attached hydrogens (tertiary/aromatic N) is 5. The molecule has 0 saturated carbocycles. The quantitative estimate of drug-likeness (QED) is 0.634. The highest BCUT2D eigenvalue weighted by Gasteiger charge is 2.21. The molecule has 3 aromatic heterocycles. The van der Waals surface area contributed by atoms with Crippen LogP contribution in [0.2, 0.25) is 0 Å². The van der Waals surface area contributed by atoms with Gasteiger partial charge in [0, 0.05) is 36.6 Å². The van der Waals surface area contributed by atoms with Gasteiger partial charge in [0.25, 0.3) is 0 Å². The summed E-state index contributed by atoms with van der Waals surface area (Å²) >= 11 is 1.63. The number of hydrogen-bond donors (Lipinski definition) is 2. The SMILES string of the molecule is CCCNC(=O)CN1CCC(Nc2ccc3nnc(-c4ccsc4)n3n2)CC1. The van der Waals surface area contributed by atoms with Crippen LogP contribution in [-0.2, 0) is 4.79 Å². The second-order valence-corrected chi connectivity index (χ2v) is 7.85. The van der Waals surface area contributed by atoms with Crippen LogP contribution < -0.4 is 10.6 Å². The molecule has 0 unspecified atom stereocenters. The maximum atomic E-state index is 11.9. The normalized spacial score (nSPS) is 15.8. The van der Waals surface area contributed by atoms with E-state index in [1.165, 1.54) is 0 Å². The lowest BCUT2D eigenvalue weighted by atomic mass is 10.1. The lowest BCUT2D eigenvalue weighted by Gasteiger charge is -2.32. The minimum Gasteiger partial charge on any atom is -0.366 e. The average Bonchev–Trinajstić information content (AvgIpc) is 3.37. The molecule has 0 aromatic carbocycles. The number of thiophene rings is 1. The Balaban J connectivity index is 1.36. The number of aromatic nitrogens is 4. The van der Waals surface area contributed by atoms with Crippen molar-refractivity contribution in [3.8, 4) is 11.4 Å². The zero-order chi connectivity index (χ0) is 19.3. The Hall–Kier alpha value is -2.52. The highest BCUT2D eigenvalue weighted by molar-refractivity contribution is 7.08. The van der Waals surface area contributed by atoms with Gasteiger partial charge in [-0.25, -0.2) is 0 Å². The number of carbonyl (C=O) groups excluding carboxylic acids is 1. The summed E-state index contributed by atoms with van der Waals surface area (Å²) in [6.07, 6.45) is 2.94. The number of likely N-dealkylation sites (tertiary alicyclic amines) is 1. The molecule has 1 aliphatic heterocycles. The fourth-order valence-electron chi connectivity index (χ4n) is 3.41. The van der Waals surface area contributed by atoms with Gasteiger partial charge in [0.15, 0.2) is 11.5 Å². The summed E-state index contributed by atoms with van der Waals surface area (Å²) in [5, 5.41) is 23.7. The highest BCUT2D eigenvalue weighted by Crippen LogP contribution is 2.21. The Morgan fingerprint density at radius 2 is 2.11 bits per heavy atom. The van der Waals surface area contributed by atoms with Gasteiger partial charge in [-0.3, -0.25) is 9.69 Å². The van der Waals surface area contributed by atoms with Crippen LogP contribution in [-0.4, -0.2) is 62.8 Å². The number of piperidine rings is 1. The third-order valence-electron chi connectivity index (χ3n) is 4.92. The van der Waals surface area contributed by atoms with E-state index in [0.29, 0.717) is 12.6 Å². The Bertz CT molecular complexity index is 916. The first-order valence-corrected chi connectivity index (χ1v) is 10.7. The van der Waals surface area contributed by atoms with Crippen LogP contribution in [0.3, 0.4) is 0 Å². The molecule has 1 aliphatic rings. The summed E-state index contributed by atoms with van der Waals surface area (Å²) in [5.41, 5.74) is 1.76. The molecule has 148 valence electrons. The molecule has 8 nitrogen and oxygen atoms in total. The Morgan fingerprint density at radius 1 is 1.25 bits per heavy atom. The van der Waals surface area contributed by atoms with Gasteiger partial charge in [0.2, 0.25) is 5.91 Å². The molecule has 1 amide bonds. The van der Waals surface area contributed by atoms with Crippen molar-refractivity contribution in [2.75, 3.05) is 31.5 Å². The van der Waals surface area contributed by atoms with Gasteiger partial charge < -0.3 is 10.6 Å². The van der Waals surface area contributed by atoms with E-state index in [9.17, 15) is 4.79 Å². The van der Waals surface area contributed by atoms with E-state index >= 15 is 0 Å². The van der Waals surface area contributed by atoms with Crippen LogP contribution in [0.25, 0.3) is 17.0 Å². The monoisotopic (exact) mass is 399 g/mol. The molecular weight excluding hydrogens is 374 g/mol. The number of anilines is 1. The fourth-order valence-corrected chi connectivity index (χ4v) is 4.04. The highest BCUT2D eigenvalue weighted by atomic mass is 32.1. The van der Waals surface area contributed by atoms with Gasteiger partial charge in [0.05, 0.1) is 6.54 Å². The molecule has 0 spiro atoms. The predicted octanol–water partition coefficient (Wildman–Crippen LogP) is 2.26. The summed E-state index contributed by atoms with van der Waals surface area (Å²) in [4.78, 5) is 14.1. The third-order valence-corrected chi connectivity index (χ3v) is 5.60. The Labute approximate surface area is 168 Å². The second kappa shape index (κ2) is 8.66. The molecule has 1 saturated heterocycles. The average molecular weight is 400 g/mol. The second-order valence-electron chi connectivity index (χ2n) is 7.07. The van der Waals surface area contributed by atoms with Crippen molar-refractivity contribution in [2.45, 2.75) is 32.2 Å². The van der Waals surface area contributed by atoms with E-state index in [4.69, 9.17) is 5.10 Å². The van der Waals surface area contributed by atoms with Crippen LogP contribution in [0.4, 0.5) is 5.82 Å². The van der Waals surface area contributed by atoms with Gasteiger partial charge in [-0.1, -0.05) is 6.92 Å². The molecule has 0 aliphatic carbocycles. The van der Waals surface area contributed by atoms with Gasteiger partial charge in [0.1, 0.15) is 5.82 Å². The Morgan fingerprint density at radius 3 is 2.86 bits per heavy atom. The van der Waals surface area contributed by atoms with E-state index in [2.05, 4.69) is 32.7 Å². The Kier molecular flexibility index (Phi) is 5.82. The standard InChI is InChI=1S/C19H25N7OS/c1-2-8-20-18(27)12-25-9-5-15(6-10-25)21-16-3-4-17-22-23-19(26(17)24-16)14-7-11-28-13-14/h3-4,7,11,13,15H,2,5-6,8-10,12H2,1H3,(H,20,27)(H,21,24). The molecule has 0 atom stereocenters. The minimum atomic E-state index is 0.119. The number of carbonyl (C=O) groups is 1. The molecule has 3 aromatic rings. The maximum absolute atomic E-state index is 11.9. The summed E-state index contributed by atoms with van der Waals surface area (Å²) < 4.78 is 1.79. The van der Waals surface area contributed by atoms with Crippen molar-refractivity contribution in [3.05, 3.63) is 29.0 Å². The molecule has 28 heavy (non-hydrogen) atoms. The molecule has 4 heterocycles. The zero-order valence-corrected chi connectivity index (χ0v) is 16.8. The molecule has 0 bridgehead atoms. The van der Waals surface area contributed by atoms with Gasteiger partial charge >= 0.3 is 0 Å². The van der Waals surface area contributed by atoms with E-state index in [1.54, 1.807) is 15.9 Å². The molecule has 0 radical (unpaired) electrons. The molecule has 1 fully saturated rings. The van der Waals surface area contributed by atoms with Crippen LogP contribution >= 0.6 is 11.3 Å². The summed E-state index contributed by atoms with van der Waals surface area (Å²) in [6, 6.07) is 6.26. The van der Waals surface area contributed by atoms with Crippen molar-refractivity contribution in [1.82, 2.24) is 30.0 Å².